The number of ether oxygens (including phenoxy) is 4. The highest BCUT2D eigenvalue weighted by Gasteiger charge is 2.30. The zero-order chi connectivity index (χ0) is 28.1. The third-order valence-corrected chi connectivity index (χ3v) is 6.52. The van der Waals surface area contributed by atoms with Crippen LogP contribution in [0.1, 0.15) is 60.6 Å². The summed E-state index contributed by atoms with van der Waals surface area (Å²) in [5, 5.41) is 0. The second-order valence-corrected chi connectivity index (χ2v) is 12.2. The Morgan fingerprint density at radius 3 is 2.29 bits per heavy atom. The van der Waals surface area contributed by atoms with E-state index in [0.29, 0.717) is 18.5 Å². The number of rotatable bonds is 11. The summed E-state index contributed by atoms with van der Waals surface area (Å²) in [6.07, 6.45) is 2.24. The molecule has 0 spiro atoms. The lowest BCUT2D eigenvalue weighted by molar-refractivity contribution is -0.161. The van der Waals surface area contributed by atoms with E-state index >= 15 is 0 Å². The quantitative estimate of drug-likeness (QED) is 0.235. The average Bonchev–Trinajstić information content (AvgIpc) is 3.44. The number of H-pyrrole nitrogens is 1. The number of aromatic nitrogens is 4. The molecule has 38 heavy (non-hydrogen) atoms. The molecule has 2 aromatic heterocycles. The number of esters is 2. The van der Waals surface area contributed by atoms with Crippen LogP contribution < -0.4 is 11.3 Å². The largest absolute Gasteiger partial charge is 0.438 e. The lowest BCUT2D eigenvalue weighted by Crippen LogP contribution is -2.24. The van der Waals surface area contributed by atoms with Gasteiger partial charge in [0.15, 0.2) is 24.7 Å². The first kappa shape index (κ1) is 29.9. The molecule has 3 N–H and O–H groups in total. The van der Waals surface area contributed by atoms with Gasteiger partial charge in [-0.25, -0.2) is 4.98 Å². The number of nitrogen functional groups attached to an aromatic ring is 1. The fraction of sp³-hybridized carbons (Fsp3) is 0.696. The Kier molecular flexibility index (Phi) is 9.82. The van der Waals surface area contributed by atoms with E-state index in [0.717, 1.165) is 0 Å². The Balaban J connectivity index is 1.51. The number of carbonyl (C=O) groups excluding carboxylic acids is 2. The second-order valence-electron chi connectivity index (χ2n) is 10.8. The number of fused-ring (bicyclic) bond motifs is 1. The maximum Gasteiger partial charge on any atom is 0.313 e. The van der Waals surface area contributed by atoms with Crippen LogP contribution in [-0.4, -0.2) is 64.1 Å². The molecule has 0 aromatic carbocycles. The summed E-state index contributed by atoms with van der Waals surface area (Å²) in [6, 6.07) is 0. The Bertz CT molecular complexity index is 1140. The minimum atomic E-state index is -1.70. The van der Waals surface area contributed by atoms with Crippen LogP contribution in [0.4, 0.5) is 5.95 Å². The summed E-state index contributed by atoms with van der Waals surface area (Å²) < 4.78 is 34.9. The molecule has 14 nitrogen and oxygen atoms in total. The van der Waals surface area contributed by atoms with E-state index in [1.165, 1.54) is 6.33 Å². The fourth-order valence-corrected chi connectivity index (χ4v) is 4.07. The second kappa shape index (κ2) is 12.5. The zero-order valence-corrected chi connectivity index (χ0v) is 23.4. The summed E-state index contributed by atoms with van der Waals surface area (Å²) >= 11 is 0. The maximum absolute atomic E-state index is 12.0. The van der Waals surface area contributed by atoms with Crippen LogP contribution in [0.5, 0.6) is 0 Å². The third kappa shape index (κ3) is 8.18. The van der Waals surface area contributed by atoms with E-state index in [1.54, 1.807) is 46.1 Å². The molecule has 2 atom stereocenters. The number of carbonyl (C=O) groups is 2. The van der Waals surface area contributed by atoms with Crippen molar-refractivity contribution in [3.63, 3.8) is 0 Å². The Morgan fingerprint density at radius 1 is 1.11 bits per heavy atom. The van der Waals surface area contributed by atoms with Crippen LogP contribution in [0.2, 0.25) is 0 Å². The third-order valence-electron chi connectivity index (χ3n) is 5.34. The van der Waals surface area contributed by atoms with Crippen molar-refractivity contribution >= 4 is 37.4 Å². The SMILES string of the molecule is CC(C)(C)C(=O)OCOP(COCC1CCC(n2cnc3c(=O)[nH]c(N)nc32)O1)OCOC(=O)C(C)(C)C. The molecule has 2 aromatic rings. The molecule has 0 amide bonds. The summed E-state index contributed by atoms with van der Waals surface area (Å²) in [5.74, 6) is -0.858. The number of anilines is 1. The van der Waals surface area contributed by atoms with Gasteiger partial charge in [0.25, 0.3) is 5.56 Å². The van der Waals surface area contributed by atoms with Gasteiger partial charge in [0.05, 0.1) is 29.9 Å². The summed E-state index contributed by atoms with van der Waals surface area (Å²) in [6.45, 7) is 9.95. The first-order valence-corrected chi connectivity index (χ1v) is 13.5. The Morgan fingerprint density at radius 2 is 1.71 bits per heavy atom. The summed E-state index contributed by atoms with van der Waals surface area (Å²) in [7, 11) is -1.70. The van der Waals surface area contributed by atoms with E-state index in [1.807, 2.05) is 0 Å². The zero-order valence-electron chi connectivity index (χ0n) is 22.5. The lowest BCUT2D eigenvalue weighted by Gasteiger charge is -2.22. The van der Waals surface area contributed by atoms with Crippen molar-refractivity contribution in [2.24, 2.45) is 10.8 Å². The monoisotopic (exact) mass is 557 g/mol. The van der Waals surface area contributed by atoms with Crippen molar-refractivity contribution in [3.8, 4) is 0 Å². The first-order valence-electron chi connectivity index (χ1n) is 12.1. The van der Waals surface area contributed by atoms with Crippen LogP contribution in [0.25, 0.3) is 11.2 Å². The van der Waals surface area contributed by atoms with Crippen molar-refractivity contribution < 1.29 is 37.6 Å². The van der Waals surface area contributed by atoms with Crippen molar-refractivity contribution in [2.45, 2.75) is 66.7 Å². The van der Waals surface area contributed by atoms with Gasteiger partial charge in [-0.2, -0.15) is 4.98 Å². The number of nitrogens with zero attached hydrogens (tertiary/aromatic N) is 3. The van der Waals surface area contributed by atoms with Crippen molar-refractivity contribution in [1.82, 2.24) is 19.5 Å². The van der Waals surface area contributed by atoms with Gasteiger partial charge in [-0.15, -0.1) is 0 Å². The molecule has 3 heterocycles. The van der Waals surface area contributed by atoms with Gasteiger partial charge >= 0.3 is 11.9 Å². The summed E-state index contributed by atoms with van der Waals surface area (Å²) in [5.41, 5.74) is 4.42. The number of hydrogen-bond donors (Lipinski definition) is 2. The molecular formula is C23H36N5O9P. The van der Waals surface area contributed by atoms with E-state index in [4.69, 9.17) is 33.7 Å². The van der Waals surface area contributed by atoms with Crippen LogP contribution in [-0.2, 0) is 37.6 Å². The van der Waals surface area contributed by atoms with Crippen LogP contribution in [0.15, 0.2) is 11.1 Å². The van der Waals surface area contributed by atoms with Gasteiger partial charge in [0.1, 0.15) is 12.6 Å². The van der Waals surface area contributed by atoms with Gasteiger partial charge in [-0.1, -0.05) is 0 Å². The average molecular weight is 558 g/mol. The topological polar surface area (TPSA) is 179 Å². The number of aromatic amines is 1. The van der Waals surface area contributed by atoms with Crippen molar-refractivity contribution in [3.05, 3.63) is 16.7 Å². The minimum absolute atomic E-state index is 0.00292. The standard InChI is InChI=1S/C23H36N5O9P/c1-22(2,3)19(30)33-11-35-38(36-12-34-20(31)23(4,5)6)13-32-9-14-7-8-15(37-14)28-10-25-16-17(28)26-21(24)27-18(16)29/h10,14-15H,7-9,11-13H2,1-6H3,(H3,24,26,27,29). The highest BCUT2D eigenvalue weighted by molar-refractivity contribution is 7.47. The predicted molar refractivity (Wildman–Crippen MR) is 136 cm³/mol. The van der Waals surface area contributed by atoms with Gasteiger partial charge in [-0.05, 0) is 54.4 Å². The Hall–Kier alpha value is -2.64. The summed E-state index contributed by atoms with van der Waals surface area (Å²) in [4.78, 5) is 46.7. The van der Waals surface area contributed by atoms with Gasteiger partial charge < -0.3 is 24.7 Å². The molecule has 1 fully saturated rings. The molecule has 0 radical (unpaired) electrons. The molecule has 0 saturated carbocycles. The number of nitrogens with two attached hydrogens (primary N) is 1. The van der Waals surface area contributed by atoms with E-state index in [9.17, 15) is 14.4 Å². The molecule has 1 saturated heterocycles. The molecule has 2 unspecified atom stereocenters. The van der Waals surface area contributed by atoms with Gasteiger partial charge in [0, 0.05) is 0 Å². The normalized spacial score (nSPS) is 18.3. The number of hydrogen-bond acceptors (Lipinski definition) is 12. The van der Waals surface area contributed by atoms with Crippen molar-refractivity contribution in [2.75, 3.05) is 32.3 Å². The fourth-order valence-electron chi connectivity index (χ4n) is 3.25. The maximum atomic E-state index is 12.0. The first-order chi connectivity index (χ1) is 17.8. The number of nitrogens with one attached hydrogen (secondary N) is 1. The van der Waals surface area contributed by atoms with Crippen LogP contribution in [0.3, 0.4) is 0 Å². The minimum Gasteiger partial charge on any atom is -0.438 e. The van der Waals surface area contributed by atoms with Crippen molar-refractivity contribution in [1.29, 1.82) is 0 Å². The van der Waals surface area contributed by atoms with E-state index in [-0.39, 0.29) is 50.3 Å². The molecule has 3 rings (SSSR count). The van der Waals surface area contributed by atoms with E-state index < -0.39 is 36.7 Å². The molecule has 15 heteroatoms. The molecule has 1 aliphatic rings. The smallest absolute Gasteiger partial charge is 0.313 e. The van der Waals surface area contributed by atoms with Gasteiger partial charge in [0.2, 0.25) is 14.3 Å². The number of imidazole rings is 1. The van der Waals surface area contributed by atoms with Crippen LogP contribution >= 0.6 is 8.38 Å². The highest BCUT2D eigenvalue weighted by Crippen LogP contribution is 2.39. The van der Waals surface area contributed by atoms with Gasteiger partial charge in [-0.3, -0.25) is 33.0 Å². The molecule has 0 bridgehead atoms. The Labute approximate surface area is 221 Å². The lowest BCUT2D eigenvalue weighted by atomic mass is 9.98. The van der Waals surface area contributed by atoms with E-state index in [2.05, 4.69) is 15.0 Å². The highest BCUT2D eigenvalue weighted by atomic mass is 31.2. The molecule has 0 aliphatic carbocycles. The molecule has 1 aliphatic heterocycles. The van der Waals surface area contributed by atoms with Crippen LogP contribution in [0, 0.1) is 10.8 Å². The predicted octanol–water partition coefficient (Wildman–Crippen LogP) is 2.79. The molecular weight excluding hydrogens is 521 g/mol. The molecule has 212 valence electrons.